The van der Waals surface area contributed by atoms with Crippen molar-refractivity contribution in [1.29, 1.82) is 0 Å². The van der Waals surface area contributed by atoms with E-state index in [0.29, 0.717) is 18.1 Å². The minimum atomic E-state index is 0.516. The molecular weight excluding hydrogens is 254 g/mol. The Morgan fingerprint density at radius 2 is 2.37 bits per heavy atom. The number of nitrogens with one attached hydrogen (secondary N) is 1. The molecule has 108 valence electrons. The van der Waals surface area contributed by atoms with Gasteiger partial charge in [-0.2, -0.15) is 0 Å². The third-order valence-electron chi connectivity index (χ3n) is 4.13. The van der Waals surface area contributed by atoms with Crippen LogP contribution in [0.25, 0.3) is 0 Å². The zero-order chi connectivity index (χ0) is 13.7. The lowest BCUT2D eigenvalue weighted by Crippen LogP contribution is -2.48. The van der Waals surface area contributed by atoms with E-state index in [2.05, 4.69) is 41.4 Å². The summed E-state index contributed by atoms with van der Waals surface area (Å²) in [7, 11) is 0. The van der Waals surface area contributed by atoms with Crippen LogP contribution in [0.15, 0.2) is 11.6 Å². The molecule has 0 amide bonds. The van der Waals surface area contributed by atoms with Crippen molar-refractivity contribution in [2.45, 2.75) is 64.6 Å². The molecule has 0 bridgehead atoms. The molecule has 1 aromatic heterocycles. The van der Waals surface area contributed by atoms with E-state index in [1.807, 2.05) is 6.20 Å². The van der Waals surface area contributed by atoms with Crippen molar-refractivity contribution in [3.8, 4) is 0 Å². The van der Waals surface area contributed by atoms with Crippen LogP contribution in [-0.4, -0.2) is 35.1 Å². The van der Waals surface area contributed by atoms with Gasteiger partial charge in [0.05, 0.1) is 6.04 Å². The van der Waals surface area contributed by atoms with Crippen molar-refractivity contribution in [3.05, 3.63) is 16.6 Å². The third kappa shape index (κ3) is 3.77. The van der Waals surface area contributed by atoms with E-state index in [0.717, 1.165) is 13.0 Å². The van der Waals surface area contributed by atoms with Gasteiger partial charge in [0.25, 0.3) is 0 Å². The summed E-state index contributed by atoms with van der Waals surface area (Å²) < 4.78 is 0. The maximum Gasteiger partial charge on any atom is 0.110 e. The van der Waals surface area contributed by atoms with Crippen LogP contribution in [0.4, 0.5) is 0 Å². The van der Waals surface area contributed by atoms with Gasteiger partial charge in [-0.15, -0.1) is 11.3 Å². The van der Waals surface area contributed by atoms with Crippen LogP contribution < -0.4 is 5.32 Å². The highest BCUT2D eigenvalue weighted by atomic mass is 32.1. The van der Waals surface area contributed by atoms with E-state index in [4.69, 9.17) is 0 Å². The number of thiazole rings is 1. The van der Waals surface area contributed by atoms with Crippen LogP contribution in [0, 0.1) is 0 Å². The van der Waals surface area contributed by atoms with Gasteiger partial charge in [-0.1, -0.05) is 13.8 Å². The maximum absolute atomic E-state index is 4.53. The quantitative estimate of drug-likeness (QED) is 0.865. The molecule has 3 atom stereocenters. The fourth-order valence-electron chi connectivity index (χ4n) is 3.14. The fourth-order valence-corrected chi connectivity index (χ4v) is 3.98. The summed E-state index contributed by atoms with van der Waals surface area (Å²) in [6.45, 7) is 9.24. The van der Waals surface area contributed by atoms with E-state index < -0.39 is 0 Å². The van der Waals surface area contributed by atoms with Gasteiger partial charge in [-0.3, -0.25) is 4.90 Å². The number of nitrogens with zero attached hydrogens (tertiary/aromatic N) is 2. The fraction of sp³-hybridized carbons (Fsp3) is 0.800. The number of hydrogen-bond donors (Lipinski definition) is 1. The Labute approximate surface area is 121 Å². The van der Waals surface area contributed by atoms with Gasteiger partial charge < -0.3 is 5.32 Å². The van der Waals surface area contributed by atoms with Crippen LogP contribution in [0.2, 0.25) is 0 Å². The summed E-state index contributed by atoms with van der Waals surface area (Å²) in [5.41, 5.74) is 0. The molecule has 1 saturated heterocycles. The Hall–Kier alpha value is -0.450. The predicted octanol–water partition coefficient (Wildman–Crippen LogP) is 3.45. The van der Waals surface area contributed by atoms with Crippen LogP contribution in [0.3, 0.4) is 0 Å². The molecule has 0 saturated carbocycles. The predicted molar refractivity (Wildman–Crippen MR) is 82.6 cm³/mol. The minimum absolute atomic E-state index is 0.516. The Kier molecular flexibility index (Phi) is 5.79. The normalized spacial score (nSPS) is 26.5. The van der Waals surface area contributed by atoms with E-state index in [1.165, 1.54) is 30.8 Å². The van der Waals surface area contributed by atoms with Gasteiger partial charge in [0, 0.05) is 30.2 Å². The van der Waals surface area contributed by atoms with Crippen molar-refractivity contribution in [1.82, 2.24) is 15.2 Å². The van der Waals surface area contributed by atoms with E-state index in [9.17, 15) is 0 Å². The Morgan fingerprint density at radius 3 is 2.95 bits per heavy atom. The molecule has 0 radical (unpaired) electrons. The topological polar surface area (TPSA) is 28.2 Å². The molecule has 3 nitrogen and oxygen atoms in total. The maximum atomic E-state index is 4.53. The summed E-state index contributed by atoms with van der Waals surface area (Å²) in [5.74, 6) is 0. The van der Waals surface area contributed by atoms with Crippen LogP contribution in [-0.2, 0) is 0 Å². The van der Waals surface area contributed by atoms with Crippen LogP contribution in [0.1, 0.15) is 57.5 Å². The van der Waals surface area contributed by atoms with Crippen molar-refractivity contribution in [2.75, 3.05) is 13.1 Å². The van der Waals surface area contributed by atoms with Crippen molar-refractivity contribution in [2.24, 2.45) is 0 Å². The molecule has 2 heterocycles. The molecular formula is C15H27N3S. The van der Waals surface area contributed by atoms with Crippen molar-refractivity contribution < 1.29 is 0 Å². The largest absolute Gasteiger partial charge is 0.314 e. The Balaban J connectivity index is 1.94. The number of rotatable bonds is 6. The molecule has 4 heteroatoms. The van der Waals surface area contributed by atoms with Crippen molar-refractivity contribution in [3.63, 3.8) is 0 Å². The highest BCUT2D eigenvalue weighted by Crippen LogP contribution is 2.31. The zero-order valence-electron chi connectivity index (χ0n) is 12.4. The zero-order valence-corrected chi connectivity index (χ0v) is 13.2. The number of aromatic nitrogens is 1. The third-order valence-corrected chi connectivity index (χ3v) is 5.01. The lowest BCUT2D eigenvalue weighted by atomic mass is 9.95. The van der Waals surface area contributed by atoms with Gasteiger partial charge in [-0.25, -0.2) is 4.98 Å². The first kappa shape index (κ1) is 14.9. The first-order valence-electron chi connectivity index (χ1n) is 7.64. The molecule has 0 aromatic carbocycles. The first-order chi connectivity index (χ1) is 9.26. The highest BCUT2D eigenvalue weighted by molar-refractivity contribution is 7.09. The summed E-state index contributed by atoms with van der Waals surface area (Å²) in [5, 5.41) is 7.06. The molecule has 0 spiro atoms. The second-order valence-electron chi connectivity index (χ2n) is 5.56. The monoisotopic (exact) mass is 281 g/mol. The standard InChI is InChI=1S/C15H27N3S/c1-4-7-16-13-6-9-18(12(3)11-13)14(5-2)15-17-8-10-19-15/h8,10,12-14,16H,4-7,9,11H2,1-3H3. The van der Waals surface area contributed by atoms with Crippen LogP contribution in [0.5, 0.6) is 0 Å². The molecule has 2 rings (SSSR count). The lowest BCUT2D eigenvalue weighted by Gasteiger charge is -2.41. The Morgan fingerprint density at radius 1 is 1.53 bits per heavy atom. The average Bonchev–Trinajstić information content (AvgIpc) is 2.93. The summed E-state index contributed by atoms with van der Waals surface area (Å²) >= 11 is 1.80. The number of piperidine rings is 1. The van der Waals surface area contributed by atoms with E-state index in [-0.39, 0.29) is 0 Å². The number of likely N-dealkylation sites (tertiary alicyclic amines) is 1. The summed E-state index contributed by atoms with van der Waals surface area (Å²) in [6, 6.07) is 1.87. The molecule has 1 aliphatic heterocycles. The molecule has 1 N–H and O–H groups in total. The number of hydrogen-bond acceptors (Lipinski definition) is 4. The molecule has 1 fully saturated rings. The first-order valence-corrected chi connectivity index (χ1v) is 8.52. The Bertz CT molecular complexity index is 352. The smallest absolute Gasteiger partial charge is 0.110 e. The van der Waals surface area contributed by atoms with Crippen molar-refractivity contribution >= 4 is 11.3 Å². The lowest BCUT2D eigenvalue weighted by molar-refractivity contribution is 0.0848. The molecule has 3 unspecified atom stereocenters. The van der Waals surface area contributed by atoms with Crippen LogP contribution >= 0.6 is 11.3 Å². The molecule has 0 aliphatic carbocycles. The van der Waals surface area contributed by atoms with Gasteiger partial charge in [0.1, 0.15) is 5.01 Å². The second-order valence-corrected chi connectivity index (χ2v) is 6.48. The molecule has 1 aromatic rings. The molecule has 1 aliphatic rings. The molecule has 19 heavy (non-hydrogen) atoms. The van der Waals surface area contributed by atoms with E-state index >= 15 is 0 Å². The second kappa shape index (κ2) is 7.36. The van der Waals surface area contributed by atoms with Gasteiger partial charge >= 0.3 is 0 Å². The van der Waals surface area contributed by atoms with Gasteiger partial charge in [0.15, 0.2) is 0 Å². The average molecular weight is 281 g/mol. The SMILES string of the molecule is CCCNC1CCN(C(CC)c2nccs2)C(C)C1. The van der Waals surface area contributed by atoms with E-state index in [1.54, 1.807) is 11.3 Å². The minimum Gasteiger partial charge on any atom is -0.314 e. The summed E-state index contributed by atoms with van der Waals surface area (Å²) in [6.07, 6.45) is 6.85. The highest BCUT2D eigenvalue weighted by Gasteiger charge is 2.31. The van der Waals surface area contributed by atoms with Gasteiger partial charge in [0.2, 0.25) is 0 Å². The summed E-state index contributed by atoms with van der Waals surface area (Å²) in [4.78, 5) is 7.18. The van der Waals surface area contributed by atoms with Gasteiger partial charge in [-0.05, 0) is 39.2 Å².